The van der Waals surface area contributed by atoms with Gasteiger partial charge in [0.25, 0.3) is 0 Å². The third-order valence-electron chi connectivity index (χ3n) is 3.28. The van der Waals surface area contributed by atoms with Crippen molar-refractivity contribution in [2.45, 2.75) is 38.5 Å². The normalized spacial score (nSPS) is 19.7. The largest absolute Gasteiger partial charge is 0.477 e. The molecule has 3 nitrogen and oxygen atoms in total. The van der Waals surface area contributed by atoms with E-state index in [1.165, 1.54) is 0 Å². The topological polar surface area (TPSA) is 31.4 Å². The first-order valence-electron chi connectivity index (χ1n) is 6.77. The summed E-state index contributed by atoms with van der Waals surface area (Å²) < 4.78 is 11.2. The highest BCUT2D eigenvalue weighted by Crippen LogP contribution is 2.25. The van der Waals surface area contributed by atoms with E-state index in [4.69, 9.17) is 21.1 Å². The smallest absolute Gasteiger partial charge is 0.213 e. The molecule has 0 N–H and O–H groups in total. The molecule has 0 saturated carbocycles. The summed E-state index contributed by atoms with van der Waals surface area (Å²) in [5.74, 6) is 1.64. The SMILES string of the molecule is CC(C)(C)c1cc(CCl)cc(OCC2CCOC2)n1. The fourth-order valence-electron chi connectivity index (χ4n) is 2.01. The van der Waals surface area contributed by atoms with Crippen molar-refractivity contribution < 1.29 is 9.47 Å². The van der Waals surface area contributed by atoms with Gasteiger partial charge in [-0.2, -0.15) is 0 Å². The van der Waals surface area contributed by atoms with E-state index in [0.717, 1.165) is 30.9 Å². The molecule has 1 fully saturated rings. The molecule has 1 aromatic heterocycles. The van der Waals surface area contributed by atoms with Crippen LogP contribution in [0.3, 0.4) is 0 Å². The Balaban J connectivity index is 2.10. The predicted octanol–water partition coefficient (Wildman–Crippen LogP) is 3.53. The lowest BCUT2D eigenvalue weighted by Crippen LogP contribution is -2.16. The second-order valence-corrected chi connectivity index (χ2v) is 6.39. The molecule has 1 atom stereocenters. The quantitative estimate of drug-likeness (QED) is 0.792. The minimum atomic E-state index is -0.00332. The monoisotopic (exact) mass is 283 g/mol. The van der Waals surface area contributed by atoms with Crippen molar-refractivity contribution in [1.29, 1.82) is 0 Å². The van der Waals surface area contributed by atoms with Crippen molar-refractivity contribution in [3.63, 3.8) is 0 Å². The number of nitrogens with zero attached hydrogens (tertiary/aromatic N) is 1. The summed E-state index contributed by atoms with van der Waals surface area (Å²) in [5, 5.41) is 0. The molecule has 106 valence electrons. The first-order valence-corrected chi connectivity index (χ1v) is 7.30. The van der Waals surface area contributed by atoms with Crippen LogP contribution in [0.4, 0.5) is 0 Å². The van der Waals surface area contributed by atoms with Gasteiger partial charge in [0.15, 0.2) is 0 Å². The Hall–Kier alpha value is -0.800. The van der Waals surface area contributed by atoms with E-state index in [2.05, 4.69) is 31.8 Å². The molecule has 0 amide bonds. The first kappa shape index (κ1) is 14.6. The molecule has 0 aromatic carbocycles. The van der Waals surface area contributed by atoms with E-state index >= 15 is 0 Å². The summed E-state index contributed by atoms with van der Waals surface area (Å²) in [4.78, 5) is 4.59. The Labute approximate surface area is 120 Å². The lowest BCUT2D eigenvalue weighted by molar-refractivity contribution is 0.165. The number of aromatic nitrogens is 1. The van der Waals surface area contributed by atoms with E-state index in [9.17, 15) is 0 Å². The number of alkyl halides is 1. The van der Waals surface area contributed by atoms with E-state index in [0.29, 0.717) is 24.3 Å². The molecule has 2 heterocycles. The van der Waals surface area contributed by atoms with Gasteiger partial charge in [-0.1, -0.05) is 20.8 Å². The third-order valence-corrected chi connectivity index (χ3v) is 3.58. The van der Waals surface area contributed by atoms with E-state index in [-0.39, 0.29) is 5.41 Å². The maximum absolute atomic E-state index is 5.94. The molecule has 4 heteroatoms. The molecule has 1 aliphatic rings. The molecule has 1 aromatic rings. The summed E-state index contributed by atoms with van der Waals surface area (Å²) in [6, 6.07) is 3.98. The van der Waals surface area contributed by atoms with Crippen LogP contribution in [0.2, 0.25) is 0 Å². The van der Waals surface area contributed by atoms with Crippen LogP contribution in [0.15, 0.2) is 12.1 Å². The number of pyridine rings is 1. The molecule has 0 radical (unpaired) electrons. The number of ether oxygens (including phenoxy) is 2. The first-order chi connectivity index (χ1) is 8.99. The third kappa shape index (κ3) is 4.08. The predicted molar refractivity (Wildman–Crippen MR) is 76.9 cm³/mol. The summed E-state index contributed by atoms with van der Waals surface area (Å²) in [5.41, 5.74) is 2.07. The van der Waals surface area contributed by atoms with Gasteiger partial charge in [0, 0.05) is 29.9 Å². The number of hydrogen-bond acceptors (Lipinski definition) is 3. The van der Waals surface area contributed by atoms with E-state index < -0.39 is 0 Å². The average Bonchev–Trinajstić information content (AvgIpc) is 2.88. The number of halogens is 1. The zero-order valence-corrected chi connectivity index (χ0v) is 12.7. The highest BCUT2D eigenvalue weighted by Gasteiger charge is 2.19. The van der Waals surface area contributed by atoms with Crippen molar-refractivity contribution in [2.75, 3.05) is 19.8 Å². The summed E-state index contributed by atoms with van der Waals surface area (Å²) in [6.07, 6.45) is 1.07. The van der Waals surface area contributed by atoms with Gasteiger partial charge in [-0.05, 0) is 18.1 Å². The van der Waals surface area contributed by atoms with Gasteiger partial charge in [-0.15, -0.1) is 11.6 Å². The molecule has 0 aliphatic carbocycles. The second-order valence-electron chi connectivity index (χ2n) is 6.12. The molecule has 1 saturated heterocycles. The molecule has 0 spiro atoms. The van der Waals surface area contributed by atoms with Gasteiger partial charge in [-0.25, -0.2) is 4.98 Å². The second kappa shape index (κ2) is 6.10. The van der Waals surface area contributed by atoms with Crippen LogP contribution >= 0.6 is 11.6 Å². The van der Waals surface area contributed by atoms with Crippen LogP contribution in [0.5, 0.6) is 5.88 Å². The molecule has 0 bridgehead atoms. The number of rotatable bonds is 4. The van der Waals surface area contributed by atoms with Crippen molar-refractivity contribution in [3.05, 3.63) is 23.4 Å². The molecule has 19 heavy (non-hydrogen) atoms. The lowest BCUT2D eigenvalue weighted by atomic mass is 9.91. The molecule has 2 rings (SSSR count). The summed E-state index contributed by atoms with van der Waals surface area (Å²) in [6.45, 7) is 8.73. The van der Waals surface area contributed by atoms with Gasteiger partial charge in [-0.3, -0.25) is 0 Å². The van der Waals surface area contributed by atoms with Crippen LogP contribution < -0.4 is 4.74 Å². The van der Waals surface area contributed by atoms with Crippen molar-refractivity contribution in [2.24, 2.45) is 5.92 Å². The highest BCUT2D eigenvalue weighted by atomic mass is 35.5. The summed E-state index contributed by atoms with van der Waals surface area (Å²) in [7, 11) is 0. The van der Waals surface area contributed by atoms with Crippen molar-refractivity contribution in [1.82, 2.24) is 4.98 Å². The Morgan fingerprint density at radius 2 is 2.21 bits per heavy atom. The average molecular weight is 284 g/mol. The fourth-order valence-corrected chi connectivity index (χ4v) is 2.17. The molecule has 1 aliphatic heterocycles. The van der Waals surface area contributed by atoms with Crippen molar-refractivity contribution >= 4 is 11.6 Å². The van der Waals surface area contributed by atoms with Crippen LogP contribution in [-0.2, 0) is 16.0 Å². The molecule has 1 unspecified atom stereocenters. The minimum Gasteiger partial charge on any atom is -0.477 e. The van der Waals surface area contributed by atoms with Gasteiger partial charge in [0.1, 0.15) is 0 Å². The summed E-state index contributed by atoms with van der Waals surface area (Å²) >= 11 is 5.94. The van der Waals surface area contributed by atoms with Gasteiger partial charge in [0.05, 0.1) is 18.9 Å². The van der Waals surface area contributed by atoms with Gasteiger partial charge >= 0.3 is 0 Å². The van der Waals surface area contributed by atoms with Crippen LogP contribution in [0.25, 0.3) is 0 Å². The zero-order valence-electron chi connectivity index (χ0n) is 11.9. The van der Waals surface area contributed by atoms with Crippen molar-refractivity contribution in [3.8, 4) is 5.88 Å². The van der Waals surface area contributed by atoms with Crippen LogP contribution in [0.1, 0.15) is 38.4 Å². The maximum Gasteiger partial charge on any atom is 0.213 e. The van der Waals surface area contributed by atoms with Gasteiger partial charge in [0.2, 0.25) is 5.88 Å². The van der Waals surface area contributed by atoms with E-state index in [1.807, 2.05) is 6.07 Å². The Bertz CT molecular complexity index is 423. The Kier molecular flexibility index (Phi) is 4.69. The standard InChI is InChI=1S/C15H22ClNO2/c1-15(2,3)13-6-12(8-16)7-14(17-13)19-10-11-4-5-18-9-11/h6-7,11H,4-5,8-10H2,1-3H3. The van der Waals surface area contributed by atoms with Gasteiger partial charge < -0.3 is 9.47 Å². The molecular formula is C15H22ClNO2. The Morgan fingerprint density at radius 3 is 2.79 bits per heavy atom. The highest BCUT2D eigenvalue weighted by molar-refractivity contribution is 6.17. The van der Waals surface area contributed by atoms with Crippen LogP contribution in [-0.4, -0.2) is 24.8 Å². The lowest BCUT2D eigenvalue weighted by Gasteiger charge is -2.20. The zero-order chi connectivity index (χ0) is 13.9. The Morgan fingerprint density at radius 1 is 1.42 bits per heavy atom. The minimum absolute atomic E-state index is 0.00332. The number of hydrogen-bond donors (Lipinski definition) is 0. The fraction of sp³-hybridized carbons (Fsp3) is 0.667. The van der Waals surface area contributed by atoms with E-state index in [1.54, 1.807) is 0 Å². The van der Waals surface area contributed by atoms with Crippen LogP contribution in [0, 0.1) is 5.92 Å². The molecular weight excluding hydrogens is 262 g/mol. The maximum atomic E-state index is 5.94.